The highest BCUT2D eigenvalue weighted by molar-refractivity contribution is 5.99. The van der Waals surface area contributed by atoms with Gasteiger partial charge in [-0.15, -0.1) is 0 Å². The fraction of sp³-hybridized carbons (Fsp3) is 0.182. The van der Waals surface area contributed by atoms with Crippen LogP contribution < -0.4 is 10.5 Å². The summed E-state index contributed by atoms with van der Waals surface area (Å²) < 4.78 is 16.2. The summed E-state index contributed by atoms with van der Waals surface area (Å²) in [6.45, 7) is 1.92. The van der Waals surface area contributed by atoms with E-state index in [0.717, 1.165) is 5.56 Å². The average Bonchev–Trinajstić information content (AvgIpc) is 2.73. The first-order valence-corrected chi connectivity index (χ1v) is 8.79. The maximum absolute atomic E-state index is 12.9. The van der Waals surface area contributed by atoms with Gasteiger partial charge in [-0.25, -0.2) is 4.79 Å². The molecule has 142 valence electrons. The van der Waals surface area contributed by atoms with Crippen molar-refractivity contribution in [1.29, 1.82) is 5.26 Å². The van der Waals surface area contributed by atoms with Gasteiger partial charge >= 0.3 is 5.97 Å². The van der Waals surface area contributed by atoms with E-state index < -0.39 is 11.9 Å². The Kier molecular flexibility index (Phi) is 5.66. The normalized spacial score (nSPS) is 16.2. The van der Waals surface area contributed by atoms with Crippen molar-refractivity contribution in [1.82, 2.24) is 0 Å². The largest absolute Gasteiger partial charge is 0.497 e. The molecule has 6 heteroatoms. The van der Waals surface area contributed by atoms with Crippen LogP contribution in [0.4, 0.5) is 0 Å². The highest BCUT2D eigenvalue weighted by atomic mass is 16.5. The quantitative estimate of drug-likeness (QED) is 0.803. The zero-order valence-corrected chi connectivity index (χ0v) is 15.6. The van der Waals surface area contributed by atoms with E-state index in [9.17, 15) is 10.1 Å². The third-order valence-electron chi connectivity index (χ3n) is 4.40. The summed E-state index contributed by atoms with van der Waals surface area (Å²) in [6, 6.07) is 18.3. The lowest BCUT2D eigenvalue weighted by Crippen LogP contribution is -2.25. The molecule has 1 heterocycles. The van der Waals surface area contributed by atoms with Crippen molar-refractivity contribution in [2.45, 2.75) is 12.8 Å². The van der Waals surface area contributed by atoms with Gasteiger partial charge in [0.15, 0.2) is 0 Å². The van der Waals surface area contributed by atoms with Gasteiger partial charge in [0.2, 0.25) is 5.88 Å². The minimum atomic E-state index is -0.684. The summed E-state index contributed by atoms with van der Waals surface area (Å²) in [5.41, 5.74) is 7.85. The van der Waals surface area contributed by atoms with Gasteiger partial charge in [-0.05, 0) is 36.8 Å². The van der Waals surface area contributed by atoms with Crippen LogP contribution in [0.2, 0.25) is 0 Å². The average molecular weight is 376 g/mol. The van der Waals surface area contributed by atoms with Gasteiger partial charge in [0.25, 0.3) is 0 Å². The molecule has 1 atom stereocenters. The van der Waals surface area contributed by atoms with Crippen LogP contribution in [0.3, 0.4) is 0 Å². The Hall–Kier alpha value is -3.72. The van der Waals surface area contributed by atoms with E-state index >= 15 is 0 Å². The molecule has 0 unspecified atom stereocenters. The summed E-state index contributed by atoms with van der Waals surface area (Å²) in [5, 5.41) is 9.69. The fourth-order valence-corrected chi connectivity index (χ4v) is 3.11. The number of hydrogen-bond acceptors (Lipinski definition) is 6. The fourth-order valence-electron chi connectivity index (χ4n) is 3.11. The molecule has 6 nitrogen and oxygen atoms in total. The maximum atomic E-state index is 12.9. The monoisotopic (exact) mass is 376 g/mol. The second-order valence-corrected chi connectivity index (χ2v) is 6.03. The molecule has 0 spiro atoms. The number of rotatable bonds is 5. The van der Waals surface area contributed by atoms with Crippen molar-refractivity contribution in [3.8, 4) is 11.8 Å². The number of carbonyl (C=O) groups excluding carboxylic acids is 1. The molecule has 1 aliphatic rings. The van der Waals surface area contributed by atoms with Gasteiger partial charge in [-0.3, -0.25) is 0 Å². The highest BCUT2D eigenvalue weighted by Gasteiger charge is 2.38. The first kappa shape index (κ1) is 19.1. The second-order valence-electron chi connectivity index (χ2n) is 6.03. The van der Waals surface area contributed by atoms with Crippen LogP contribution >= 0.6 is 0 Å². The van der Waals surface area contributed by atoms with Crippen molar-refractivity contribution in [2.24, 2.45) is 5.73 Å². The number of hydrogen-bond donors (Lipinski definition) is 1. The van der Waals surface area contributed by atoms with Crippen LogP contribution in [0.25, 0.3) is 5.76 Å². The molecule has 28 heavy (non-hydrogen) atoms. The van der Waals surface area contributed by atoms with Gasteiger partial charge in [-0.2, -0.15) is 5.26 Å². The molecule has 0 aliphatic carbocycles. The summed E-state index contributed by atoms with van der Waals surface area (Å²) in [6.07, 6.45) is 0. The lowest BCUT2D eigenvalue weighted by atomic mass is 9.82. The van der Waals surface area contributed by atoms with Gasteiger partial charge in [0, 0.05) is 5.56 Å². The van der Waals surface area contributed by atoms with Crippen molar-refractivity contribution >= 4 is 11.7 Å². The Balaban J connectivity index is 2.24. The van der Waals surface area contributed by atoms with E-state index in [0.29, 0.717) is 11.3 Å². The Morgan fingerprint density at radius 3 is 2.43 bits per heavy atom. The van der Waals surface area contributed by atoms with E-state index in [1.54, 1.807) is 38.3 Å². The molecule has 0 aromatic heterocycles. The van der Waals surface area contributed by atoms with Crippen LogP contribution in [0.15, 0.2) is 71.6 Å². The van der Waals surface area contributed by atoms with E-state index in [4.69, 9.17) is 19.9 Å². The Bertz CT molecular complexity index is 970. The summed E-state index contributed by atoms with van der Waals surface area (Å²) >= 11 is 0. The third kappa shape index (κ3) is 3.55. The number of benzene rings is 2. The number of nitriles is 1. The first-order chi connectivity index (χ1) is 13.6. The molecule has 0 saturated heterocycles. The summed E-state index contributed by atoms with van der Waals surface area (Å²) in [7, 11) is 1.57. The molecular weight excluding hydrogens is 356 g/mol. The Morgan fingerprint density at radius 2 is 1.86 bits per heavy atom. The van der Waals surface area contributed by atoms with Crippen molar-refractivity contribution in [3.63, 3.8) is 0 Å². The molecule has 1 aliphatic heterocycles. The molecule has 2 aromatic rings. The zero-order chi connectivity index (χ0) is 20.1. The van der Waals surface area contributed by atoms with Gasteiger partial charge < -0.3 is 19.9 Å². The number of nitrogens with zero attached hydrogens (tertiary/aromatic N) is 1. The molecule has 2 aromatic carbocycles. The topological polar surface area (TPSA) is 94.6 Å². The molecule has 0 fully saturated rings. The summed E-state index contributed by atoms with van der Waals surface area (Å²) in [4.78, 5) is 12.9. The van der Waals surface area contributed by atoms with Crippen LogP contribution in [0, 0.1) is 11.3 Å². The second kappa shape index (κ2) is 8.31. The van der Waals surface area contributed by atoms with E-state index in [1.807, 2.05) is 30.3 Å². The van der Waals surface area contributed by atoms with Crippen molar-refractivity contribution in [2.75, 3.05) is 13.7 Å². The predicted octanol–water partition coefficient (Wildman–Crippen LogP) is 3.48. The Morgan fingerprint density at radius 1 is 1.18 bits per heavy atom. The molecule has 3 rings (SSSR count). The number of methoxy groups -OCH3 is 1. The van der Waals surface area contributed by atoms with Gasteiger partial charge in [0.05, 0.1) is 25.2 Å². The summed E-state index contributed by atoms with van der Waals surface area (Å²) in [5.74, 6) is -0.334. The third-order valence-corrected chi connectivity index (χ3v) is 4.40. The molecule has 0 saturated carbocycles. The minimum Gasteiger partial charge on any atom is -0.497 e. The predicted molar refractivity (Wildman–Crippen MR) is 104 cm³/mol. The minimum absolute atomic E-state index is 0.0322. The number of carbonyl (C=O) groups is 1. The number of esters is 1. The maximum Gasteiger partial charge on any atom is 0.338 e. The first-order valence-electron chi connectivity index (χ1n) is 8.79. The zero-order valence-electron chi connectivity index (χ0n) is 15.6. The van der Waals surface area contributed by atoms with Crippen molar-refractivity contribution in [3.05, 3.63) is 82.8 Å². The van der Waals surface area contributed by atoms with Crippen molar-refractivity contribution < 1.29 is 19.0 Å². The van der Waals surface area contributed by atoms with Crippen LogP contribution in [0.5, 0.6) is 5.75 Å². The SMILES string of the molecule is CCOC(=O)C1=C(c2ccc(OC)cc2)OC(N)=C(C#N)[C@@H]1c1ccccc1. The van der Waals surface area contributed by atoms with Gasteiger partial charge in [-0.1, -0.05) is 30.3 Å². The number of allylic oxidation sites excluding steroid dienone is 1. The number of nitrogens with two attached hydrogens (primary N) is 1. The molecular formula is C22H20N2O4. The van der Waals surface area contributed by atoms with Crippen LogP contribution in [-0.2, 0) is 14.3 Å². The smallest absolute Gasteiger partial charge is 0.338 e. The lowest BCUT2D eigenvalue weighted by Gasteiger charge is -2.28. The van der Waals surface area contributed by atoms with E-state index in [1.165, 1.54) is 0 Å². The molecule has 2 N–H and O–H groups in total. The molecule has 0 bridgehead atoms. The Labute approximate surface area is 163 Å². The van der Waals surface area contributed by atoms with E-state index in [2.05, 4.69) is 6.07 Å². The lowest BCUT2D eigenvalue weighted by molar-refractivity contribution is -0.138. The van der Waals surface area contributed by atoms with Crippen LogP contribution in [-0.4, -0.2) is 19.7 Å². The molecule has 0 amide bonds. The molecule has 0 radical (unpaired) electrons. The number of ether oxygens (including phenoxy) is 3. The van der Waals surface area contributed by atoms with E-state index in [-0.39, 0.29) is 29.4 Å². The highest BCUT2D eigenvalue weighted by Crippen LogP contribution is 2.42. The standard InChI is InChI=1S/C22H20N2O4/c1-3-27-22(25)19-18(14-7-5-4-6-8-14)17(13-23)21(24)28-20(19)15-9-11-16(26-2)12-10-15/h4-12,18H,3,24H2,1-2H3/t18-/m0/s1. The van der Waals surface area contributed by atoms with Gasteiger partial charge in [0.1, 0.15) is 23.2 Å². The van der Waals surface area contributed by atoms with Crippen LogP contribution in [0.1, 0.15) is 24.0 Å².